The maximum atomic E-state index is 12.3. The second kappa shape index (κ2) is 9.85. The Morgan fingerprint density at radius 3 is 2.59 bits per heavy atom. The van der Waals surface area contributed by atoms with Crippen LogP contribution in [0.15, 0.2) is 30.3 Å². The Balaban J connectivity index is 2.15. The minimum Gasteiger partial charge on any atom is -0.469 e. The van der Waals surface area contributed by atoms with E-state index >= 15 is 0 Å². The van der Waals surface area contributed by atoms with Crippen LogP contribution in [0.3, 0.4) is 0 Å². The van der Waals surface area contributed by atoms with Crippen molar-refractivity contribution in [1.82, 2.24) is 0 Å². The number of benzene rings is 1. The highest BCUT2D eigenvalue weighted by atomic mass is 16.7. The molecule has 4 atom stereocenters. The Kier molecular flexibility index (Phi) is 7.80. The lowest BCUT2D eigenvalue weighted by atomic mass is 9.90. The van der Waals surface area contributed by atoms with Gasteiger partial charge in [0.25, 0.3) is 0 Å². The molecular formula is C21H30O6. The quantitative estimate of drug-likeness (QED) is 0.611. The van der Waals surface area contributed by atoms with Gasteiger partial charge in [-0.2, -0.15) is 0 Å². The standard InChI is InChI=1S/C21H30O6/c1-5-6-12-17(19(23)24-4)18-13-21(3,20(27-18)26-15(2)22)25-14-16-10-8-7-9-11-16/h7-11,17-18,20H,5-6,12-14H2,1-4H3/t17?,18-,20?,21+/m1/s1. The zero-order valence-corrected chi connectivity index (χ0v) is 16.6. The highest BCUT2D eigenvalue weighted by Crippen LogP contribution is 2.39. The van der Waals surface area contributed by atoms with Gasteiger partial charge >= 0.3 is 11.9 Å². The van der Waals surface area contributed by atoms with Gasteiger partial charge in [-0.25, -0.2) is 0 Å². The van der Waals surface area contributed by atoms with Gasteiger partial charge in [0.1, 0.15) is 5.60 Å². The van der Waals surface area contributed by atoms with E-state index in [0.29, 0.717) is 19.4 Å². The summed E-state index contributed by atoms with van der Waals surface area (Å²) in [6.07, 6.45) is 1.68. The molecule has 2 rings (SSSR count). The van der Waals surface area contributed by atoms with Crippen molar-refractivity contribution in [2.45, 2.75) is 71.1 Å². The number of ether oxygens (including phenoxy) is 4. The SMILES string of the molecule is CCCCC(C(=O)OC)[C@H]1C[C@](C)(OCc2ccccc2)C(OC(C)=O)O1. The summed E-state index contributed by atoms with van der Waals surface area (Å²) in [7, 11) is 1.38. The molecule has 0 amide bonds. The van der Waals surface area contributed by atoms with Crippen molar-refractivity contribution in [3.63, 3.8) is 0 Å². The van der Waals surface area contributed by atoms with Crippen LogP contribution >= 0.6 is 0 Å². The summed E-state index contributed by atoms with van der Waals surface area (Å²) in [6.45, 7) is 5.63. The van der Waals surface area contributed by atoms with E-state index in [2.05, 4.69) is 6.92 Å². The monoisotopic (exact) mass is 378 g/mol. The van der Waals surface area contributed by atoms with E-state index in [1.807, 2.05) is 37.3 Å². The number of carbonyl (C=O) groups excluding carboxylic acids is 2. The normalized spacial score (nSPS) is 25.8. The van der Waals surface area contributed by atoms with E-state index in [0.717, 1.165) is 18.4 Å². The van der Waals surface area contributed by atoms with Gasteiger partial charge in [-0.15, -0.1) is 0 Å². The van der Waals surface area contributed by atoms with E-state index in [1.165, 1.54) is 14.0 Å². The topological polar surface area (TPSA) is 71.1 Å². The van der Waals surface area contributed by atoms with Gasteiger partial charge in [0, 0.05) is 13.3 Å². The molecule has 1 aliphatic rings. The maximum Gasteiger partial charge on any atom is 0.311 e. The van der Waals surface area contributed by atoms with Crippen molar-refractivity contribution >= 4 is 11.9 Å². The number of carbonyl (C=O) groups is 2. The first kappa shape index (κ1) is 21.4. The van der Waals surface area contributed by atoms with Crippen molar-refractivity contribution in [1.29, 1.82) is 0 Å². The molecule has 6 heteroatoms. The molecule has 6 nitrogen and oxygen atoms in total. The molecular weight excluding hydrogens is 348 g/mol. The second-order valence-corrected chi connectivity index (χ2v) is 7.18. The summed E-state index contributed by atoms with van der Waals surface area (Å²) in [5.74, 6) is -1.16. The van der Waals surface area contributed by atoms with Crippen LogP contribution in [-0.2, 0) is 35.1 Å². The Labute approximate surface area is 161 Å². The first-order valence-corrected chi connectivity index (χ1v) is 9.48. The van der Waals surface area contributed by atoms with Gasteiger partial charge in [0.2, 0.25) is 6.29 Å². The van der Waals surface area contributed by atoms with Crippen molar-refractivity contribution in [2.75, 3.05) is 7.11 Å². The van der Waals surface area contributed by atoms with E-state index in [4.69, 9.17) is 18.9 Å². The molecule has 0 aliphatic carbocycles. The van der Waals surface area contributed by atoms with Crippen LogP contribution in [0.1, 0.15) is 52.0 Å². The molecule has 0 saturated carbocycles. The van der Waals surface area contributed by atoms with Gasteiger partial charge in [-0.05, 0) is 18.9 Å². The molecule has 150 valence electrons. The minimum atomic E-state index is -0.863. The lowest BCUT2D eigenvalue weighted by molar-refractivity contribution is -0.217. The molecule has 0 bridgehead atoms. The third-order valence-corrected chi connectivity index (χ3v) is 4.91. The summed E-state index contributed by atoms with van der Waals surface area (Å²) < 4.78 is 22.5. The first-order valence-electron chi connectivity index (χ1n) is 9.48. The van der Waals surface area contributed by atoms with Gasteiger partial charge < -0.3 is 18.9 Å². The lowest BCUT2D eigenvalue weighted by Gasteiger charge is -2.29. The fourth-order valence-corrected chi connectivity index (χ4v) is 3.37. The van der Waals surface area contributed by atoms with Crippen molar-refractivity contribution in [3.8, 4) is 0 Å². The van der Waals surface area contributed by atoms with Crippen LogP contribution in [-0.4, -0.2) is 37.0 Å². The smallest absolute Gasteiger partial charge is 0.311 e. The predicted molar refractivity (Wildman–Crippen MR) is 99.7 cm³/mol. The first-order chi connectivity index (χ1) is 12.9. The van der Waals surface area contributed by atoms with Gasteiger partial charge in [-0.3, -0.25) is 9.59 Å². The van der Waals surface area contributed by atoms with Crippen LogP contribution in [0.2, 0.25) is 0 Å². The summed E-state index contributed by atoms with van der Waals surface area (Å²) >= 11 is 0. The van der Waals surface area contributed by atoms with Crippen molar-refractivity contribution in [3.05, 3.63) is 35.9 Å². The molecule has 1 heterocycles. The Morgan fingerprint density at radius 1 is 1.30 bits per heavy atom. The van der Waals surface area contributed by atoms with Crippen molar-refractivity contribution < 1.29 is 28.5 Å². The summed E-state index contributed by atoms with van der Waals surface area (Å²) in [5, 5.41) is 0. The average molecular weight is 378 g/mol. The molecule has 1 aromatic carbocycles. The Bertz CT molecular complexity index is 616. The van der Waals surface area contributed by atoms with Crippen molar-refractivity contribution in [2.24, 2.45) is 5.92 Å². The average Bonchev–Trinajstić information content (AvgIpc) is 2.97. The highest BCUT2D eigenvalue weighted by molar-refractivity contribution is 5.73. The summed E-state index contributed by atoms with van der Waals surface area (Å²) in [5.41, 5.74) is 0.171. The highest BCUT2D eigenvalue weighted by Gasteiger charge is 2.52. The Hall–Kier alpha value is -1.92. The minimum absolute atomic E-state index is 0.303. The van der Waals surface area contributed by atoms with Crippen LogP contribution in [0.25, 0.3) is 0 Å². The van der Waals surface area contributed by atoms with Gasteiger partial charge in [0.15, 0.2) is 0 Å². The third-order valence-electron chi connectivity index (χ3n) is 4.91. The number of rotatable bonds is 9. The predicted octanol–water partition coefficient (Wildman–Crippen LogP) is 3.62. The van der Waals surface area contributed by atoms with Crippen LogP contribution < -0.4 is 0 Å². The molecule has 2 unspecified atom stereocenters. The summed E-state index contributed by atoms with van der Waals surface area (Å²) in [6, 6.07) is 9.76. The lowest BCUT2D eigenvalue weighted by Crippen LogP contribution is -2.40. The van der Waals surface area contributed by atoms with E-state index in [-0.39, 0.29) is 5.97 Å². The molecule has 1 fully saturated rings. The number of methoxy groups -OCH3 is 1. The molecule has 27 heavy (non-hydrogen) atoms. The van der Waals surface area contributed by atoms with Gasteiger partial charge in [-0.1, -0.05) is 50.1 Å². The summed E-state index contributed by atoms with van der Waals surface area (Å²) in [4.78, 5) is 23.8. The zero-order valence-electron chi connectivity index (χ0n) is 16.6. The molecule has 1 saturated heterocycles. The maximum absolute atomic E-state index is 12.3. The number of esters is 2. The zero-order chi connectivity index (χ0) is 19.9. The van der Waals surface area contributed by atoms with Crippen LogP contribution in [0.4, 0.5) is 0 Å². The number of hydrogen-bond donors (Lipinski definition) is 0. The number of hydrogen-bond acceptors (Lipinski definition) is 6. The molecule has 1 aliphatic heterocycles. The fraction of sp³-hybridized carbons (Fsp3) is 0.619. The van der Waals surface area contributed by atoms with E-state index in [9.17, 15) is 9.59 Å². The van der Waals surface area contributed by atoms with Gasteiger partial charge in [0.05, 0.1) is 25.7 Å². The second-order valence-electron chi connectivity index (χ2n) is 7.18. The van der Waals surface area contributed by atoms with Crippen LogP contribution in [0, 0.1) is 5.92 Å². The fourth-order valence-electron chi connectivity index (χ4n) is 3.37. The number of unbranched alkanes of at least 4 members (excludes halogenated alkanes) is 1. The molecule has 0 aromatic heterocycles. The van der Waals surface area contributed by atoms with Crippen LogP contribution in [0.5, 0.6) is 0 Å². The largest absolute Gasteiger partial charge is 0.469 e. The van der Waals surface area contributed by atoms with E-state index < -0.39 is 29.9 Å². The molecule has 1 aromatic rings. The Morgan fingerprint density at radius 2 is 2.00 bits per heavy atom. The third kappa shape index (κ3) is 5.78. The molecule has 0 spiro atoms. The van der Waals surface area contributed by atoms with E-state index in [1.54, 1.807) is 0 Å². The molecule has 0 N–H and O–H groups in total. The molecule has 0 radical (unpaired) electrons.